The predicted molar refractivity (Wildman–Crippen MR) is 113 cm³/mol. The van der Waals surface area contributed by atoms with Gasteiger partial charge in [0.1, 0.15) is 6.54 Å². The smallest absolute Gasteiger partial charge is 0.107 e. The van der Waals surface area contributed by atoms with Gasteiger partial charge in [0.2, 0.25) is 0 Å². The first-order valence-corrected chi connectivity index (χ1v) is 9.02. The first-order chi connectivity index (χ1) is 13.4. The maximum atomic E-state index is 4.29. The van der Waals surface area contributed by atoms with Crippen LogP contribution in [0, 0.1) is 0 Å². The number of anilines is 1. The molecule has 0 radical (unpaired) electrons. The minimum atomic E-state index is 0.519. The molecule has 130 valence electrons. The molecule has 0 saturated heterocycles. The molecule has 0 aliphatic carbocycles. The summed E-state index contributed by atoms with van der Waals surface area (Å²) in [6.07, 6.45) is 0. The van der Waals surface area contributed by atoms with Gasteiger partial charge >= 0.3 is 0 Å². The molecular weight excluding hydrogens is 332 g/mol. The van der Waals surface area contributed by atoms with Gasteiger partial charge in [-0.2, -0.15) is 5.11 Å². The van der Waals surface area contributed by atoms with Crippen LogP contribution in [0.1, 0.15) is 5.56 Å². The van der Waals surface area contributed by atoms with E-state index in [0.717, 1.165) is 17.0 Å². The first-order valence-electron chi connectivity index (χ1n) is 9.02. The van der Waals surface area contributed by atoms with Crippen LogP contribution in [0.2, 0.25) is 0 Å². The van der Waals surface area contributed by atoms with Crippen LogP contribution < -0.4 is 5.32 Å². The minimum Gasteiger partial charge on any atom is -0.388 e. The van der Waals surface area contributed by atoms with E-state index in [1.165, 1.54) is 32.7 Å². The van der Waals surface area contributed by atoms with E-state index in [4.69, 9.17) is 0 Å². The fourth-order valence-corrected chi connectivity index (χ4v) is 3.89. The van der Waals surface area contributed by atoms with Gasteiger partial charge in [-0.05, 0) is 32.8 Å². The molecule has 0 unspecified atom stereocenters. The molecular formula is C23H18N4. The van der Waals surface area contributed by atoms with Crippen molar-refractivity contribution in [3.8, 4) is 11.1 Å². The van der Waals surface area contributed by atoms with E-state index in [1.807, 2.05) is 7.05 Å². The highest BCUT2D eigenvalue weighted by Crippen LogP contribution is 2.41. The SMILES string of the molecule is CNc1ccc2ccccc2c1-c1c(C2=NN=NC2)ccc2ccccc12. The van der Waals surface area contributed by atoms with Gasteiger partial charge in [0.25, 0.3) is 0 Å². The molecule has 0 amide bonds. The van der Waals surface area contributed by atoms with Gasteiger partial charge in [0.15, 0.2) is 0 Å². The average molecular weight is 350 g/mol. The number of benzene rings is 4. The number of nitrogens with one attached hydrogen (secondary N) is 1. The van der Waals surface area contributed by atoms with Crippen molar-refractivity contribution in [2.24, 2.45) is 15.4 Å². The highest BCUT2D eigenvalue weighted by Gasteiger charge is 2.20. The Labute approximate surface area is 157 Å². The van der Waals surface area contributed by atoms with Crippen LogP contribution in [0.3, 0.4) is 0 Å². The summed E-state index contributed by atoms with van der Waals surface area (Å²) in [5, 5.41) is 20.4. The van der Waals surface area contributed by atoms with Crippen LogP contribution in [0.15, 0.2) is 88.2 Å². The van der Waals surface area contributed by atoms with Crippen molar-refractivity contribution in [2.45, 2.75) is 0 Å². The van der Waals surface area contributed by atoms with Crippen LogP contribution in [0.4, 0.5) is 5.69 Å². The van der Waals surface area contributed by atoms with E-state index in [9.17, 15) is 0 Å². The largest absolute Gasteiger partial charge is 0.388 e. The Balaban J connectivity index is 1.96. The Morgan fingerprint density at radius 1 is 0.741 bits per heavy atom. The summed E-state index contributed by atoms with van der Waals surface area (Å²) in [6, 6.07) is 25.6. The Bertz CT molecular complexity index is 1240. The Kier molecular flexibility index (Phi) is 3.68. The molecule has 1 aliphatic heterocycles. The third-order valence-corrected chi connectivity index (χ3v) is 5.14. The zero-order chi connectivity index (χ0) is 18.2. The average Bonchev–Trinajstić information content (AvgIpc) is 3.27. The van der Waals surface area contributed by atoms with Gasteiger partial charge in [0.05, 0.1) is 5.71 Å². The number of fused-ring (bicyclic) bond motifs is 2. The molecule has 0 saturated carbocycles. The maximum absolute atomic E-state index is 4.29. The van der Waals surface area contributed by atoms with Crippen molar-refractivity contribution in [3.05, 3.63) is 78.4 Å². The second-order valence-electron chi connectivity index (χ2n) is 6.60. The second-order valence-corrected chi connectivity index (χ2v) is 6.60. The van der Waals surface area contributed by atoms with Crippen LogP contribution in [0.25, 0.3) is 32.7 Å². The summed E-state index contributed by atoms with van der Waals surface area (Å²) in [7, 11) is 1.97. The lowest BCUT2D eigenvalue weighted by atomic mass is 9.87. The molecule has 0 fully saturated rings. The Morgan fingerprint density at radius 3 is 2.07 bits per heavy atom. The van der Waals surface area contributed by atoms with Gasteiger partial charge in [-0.15, -0.1) is 5.10 Å². The van der Waals surface area contributed by atoms with E-state index in [1.54, 1.807) is 0 Å². The lowest BCUT2D eigenvalue weighted by Crippen LogP contribution is -2.06. The van der Waals surface area contributed by atoms with Crippen LogP contribution in [-0.4, -0.2) is 19.3 Å². The zero-order valence-electron chi connectivity index (χ0n) is 15.0. The van der Waals surface area contributed by atoms with Crippen molar-refractivity contribution < 1.29 is 0 Å². The maximum Gasteiger partial charge on any atom is 0.107 e. The molecule has 4 heteroatoms. The molecule has 1 heterocycles. The van der Waals surface area contributed by atoms with Gasteiger partial charge in [-0.1, -0.05) is 66.7 Å². The highest BCUT2D eigenvalue weighted by molar-refractivity contribution is 6.18. The third-order valence-electron chi connectivity index (χ3n) is 5.14. The van der Waals surface area contributed by atoms with Crippen LogP contribution in [-0.2, 0) is 0 Å². The molecule has 0 spiro atoms. The molecule has 4 nitrogen and oxygen atoms in total. The summed E-state index contributed by atoms with van der Waals surface area (Å²) >= 11 is 0. The molecule has 27 heavy (non-hydrogen) atoms. The van der Waals surface area contributed by atoms with Crippen LogP contribution in [0.5, 0.6) is 0 Å². The fourth-order valence-electron chi connectivity index (χ4n) is 3.89. The number of rotatable bonds is 3. The molecule has 4 aromatic rings. The quantitative estimate of drug-likeness (QED) is 0.493. The lowest BCUT2D eigenvalue weighted by molar-refractivity contribution is 1.06. The van der Waals surface area contributed by atoms with E-state index in [0.29, 0.717) is 6.54 Å². The molecule has 0 atom stereocenters. The zero-order valence-corrected chi connectivity index (χ0v) is 15.0. The monoisotopic (exact) mass is 350 g/mol. The van der Waals surface area contributed by atoms with Crippen molar-refractivity contribution >= 4 is 32.9 Å². The Hall–Kier alpha value is -3.53. The molecule has 4 aromatic carbocycles. The van der Waals surface area contributed by atoms with E-state index in [-0.39, 0.29) is 0 Å². The molecule has 0 aromatic heterocycles. The van der Waals surface area contributed by atoms with Crippen molar-refractivity contribution in [2.75, 3.05) is 18.9 Å². The third kappa shape index (κ3) is 2.49. The summed E-state index contributed by atoms with van der Waals surface area (Å²) in [5.41, 5.74) is 5.47. The van der Waals surface area contributed by atoms with Crippen LogP contribution >= 0.6 is 0 Å². The van der Waals surface area contributed by atoms with E-state index in [2.05, 4.69) is 93.6 Å². The number of nitrogens with zero attached hydrogens (tertiary/aromatic N) is 3. The fraction of sp³-hybridized carbons (Fsp3) is 0.0870. The molecule has 5 rings (SSSR count). The Morgan fingerprint density at radius 2 is 1.41 bits per heavy atom. The summed E-state index contributed by atoms with van der Waals surface area (Å²) in [6.45, 7) is 0.519. The standard InChI is InChI=1S/C23H18N4/c1-24-20-13-11-16-7-3-5-9-18(16)23(20)22-17-8-4-2-6-15(17)10-12-19(22)21-14-25-27-26-21/h2-13,24H,14H2,1H3. The predicted octanol–water partition coefficient (Wildman–Crippen LogP) is 5.87. The highest BCUT2D eigenvalue weighted by atomic mass is 15.4. The summed E-state index contributed by atoms with van der Waals surface area (Å²) in [5.74, 6) is 0. The summed E-state index contributed by atoms with van der Waals surface area (Å²) in [4.78, 5) is 0. The molecule has 1 aliphatic rings. The number of hydrogen-bond donors (Lipinski definition) is 1. The first kappa shape index (κ1) is 15.7. The summed E-state index contributed by atoms with van der Waals surface area (Å²) < 4.78 is 0. The van der Waals surface area contributed by atoms with E-state index >= 15 is 0 Å². The normalized spacial score (nSPS) is 13.3. The van der Waals surface area contributed by atoms with Crippen molar-refractivity contribution in [1.82, 2.24) is 0 Å². The van der Waals surface area contributed by atoms with Gasteiger partial charge in [0, 0.05) is 29.4 Å². The molecule has 0 bridgehead atoms. The van der Waals surface area contributed by atoms with Crippen molar-refractivity contribution in [1.29, 1.82) is 0 Å². The topological polar surface area (TPSA) is 49.1 Å². The lowest BCUT2D eigenvalue weighted by Gasteiger charge is -2.18. The minimum absolute atomic E-state index is 0.519. The molecule has 1 N–H and O–H groups in total. The van der Waals surface area contributed by atoms with Gasteiger partial charge in [-0.25, -0.2) is 0 Å². The van der Waals surface area contributed by atoms with Gasteiger partial charge in [-0.3, -0.25) is 0 Å². The van der Waals surface area contributed by atoms with E-state index < -0.39 is 0 Å². The van der Waals surface area contributed by atoms with Crippen molar-refractivity contribution in [3.63, 3.8) is 0 Å². The number of hydrogen-bond acceptors (Lipinski definition) is 4. The second kappa shape index (κ2) is 6.32. The van der Waals surface area contributed by atoms with Gasteiger partial charge < -0.3 is 5.32 Å².